The zero-order valence-electron chi connectivity index (χ0n) is 17.9. The van der Waals surface area contributed by atoms with Crippen molar-refractivity contribution in [3.63, 3.8) is 0 Å². The maximum atomic E-state index is 12.8. The quantitative estimate of drug-likeness (QED) is 0.654. The maximum Gasteiger partial charge on any atom is 0.353 e. The molecule has 3 rings (SSSR count). The highest BCUT2D eigenvalue weighted by molar-refractivity contribution is 6.05. The first-order valence-electron chi connectivity index (χ1n) is 10.2. The molecule has 0 radical (unpaired) electrons. The van der Waals surface area contributed by atoms with E-state index in [-0.39, 0.29) is 17.2 Å². The number of fused-ring (bicyclic) bond motifs is 3. The molecule has 0 fully saturated rings. The van der Waals surface area contributed by atoms with E-state index in [1.165, 1.54) is 0 Å². The summed E-state index contributed by atoms with van der Waals surface area (Å²) in [4.78, 5) is 27.0. The fourth-order valence-corrected chi connectivity index (χ4v) is 3.97. The van der Waals surface area contributed by atoms with Crippen molar-refractivity contribution in [2.75, 3.05) is 40.4 Å². The largest absolute Gasteiger partial charge is 0.493 e. The van der Waals surface area contributed by atoms with Gasteiger partial charge in [0.15, 0.2) is 11.5 Å². The Morgan fingerprint density at radius 3 is 2.40 bits per heavy atom. The van der Waals surface area contributed by atoms with E-state index in [1.54, 1.807) is 24.9 Å². The van der Waals surface area contributed by atoms with Gasteiger partial charge in [0, 0.05) is 30.9 Å². The molecular formula is C22H29N3O5. The molecule has 0 saturated carbocycles. The van der Waals surface area contributed by atoms with E-state index in [4.69, 9.17) is 9.47 Å². The maximum absolute atomic E-state index is 12.8. The lowest BCUT2D eigenvalue weighted by molar-refractivity contribution is 0.0679. The van der Waals surface area contributed by atoms with Crippen molar-refractivity contribution in [1.82, 2.24) is 14.8 Å². The van der Waals surface area contributed by atoms with E-state index in [1.807, 2.05) is 12.1 Å². The van der Waals surface area contributed by atoms with Gasteiger partial charge < -0.3 is 29.4 Å². The number of carbonyl (C=O) groups excluding carboxylic acids is 1. The van der Waals surface area contributed by atoms with Crippen LogP contribution in [-0.2, 0) is 13.0 Å². The van der Waals surface area contributed by atoms with Gasteiger partial charge in [0.25, 0.3) is 5.91 Å². The number of hydrogen-bond donors (Lipinski definition) is 2. The summed E-state index contributed by atoms with van der Waals surface area (Å²) in [6.45, 7) is 7.58. The lowest BCUT2D eigenvalue weighted by Gasteiger charge is -2.22. The Balaban J connectivity index is 1.96. The summed E-state index contributed by atoms with van der Waals surface area (Å²) in [6, 6.07) is 5.42. The molecule has 162 valence electrons. The summed E-state index contributed by atoms with van der Waals surface area (Å²) in [6.07, 6.45) is 0.640. The molecule has 1 aliphatic heterocycles. The van der Waals surface area contributed by atoms with Gasteiger partial charge in [0.05, 0.1) is 19.8 Å². The highest BCUT2D eigenvalue weighted by Gasteiger charge is 2.29. The van der Waals surface area contributed by atoms with Crippen LogP contribution in [0.15, 0.2) is 18.2 Å². The van der Waals surface area contributed by atoms with Gasteiger partial charge >= 0.3 is 5.97 Å². The number of aryl methyl sites for hydroxylation is 1. The molecule has 0 spiro atoms. The van der Waals surface area contributed by atoms with E-state index < -0.39 is 5.97 Å². The lowest BCUT2D eigenvalue weighted by Crippen LogP contribution is -2.35. The molecule has 30 heavy (non-hydrogen) atoms. The number of carbonyl (C=O) groups is 2. The monoisotopic (exact) mass is 415 g/mol. The molecule has 0 aliphatic carbocycles. The second-order valence-electron chi connectivity index (χ2n) is 7.15. The van der Waals surface area contributed by atoms with Gasteiger partial charge in [-0.1, -0.05) is 13.8 Å². The lowest BCUT2D eigenvalue weighted by atomic mass is 9.97. The first kappa shape index (κ1) is 21.7. The number of aromatic nitrogens is 1. The number of nitrogens with zero attached hydrogens (tertiary/aromatic N) is 2. The van der Waals surface area contributed by atoms with Crippen LogP contribution in [0.3, 0.4) is 0 Å². The molecule has 1 aromatic carbocycles. The second kappa shape index (κ2) is 9.21. The molecule has 0 atom stereocenters. The van der Waals surface area contributed by atoms with Crippen LogP contribution >= 0.6 is 0 Å². The van der Waals surface area contributed by atoms with E-state index in [2.05, 4.69) is 24.1 Å². The van der Waals surface area contributed by atoms with Crippen molar-refractivity contribution in [2.45, 2.75) is 26.8 Å². The van der Waals surface area contributed by atoms with Crippen molar-refractivity contribution in [1.29, 1.82) is 0 Å². The van der Waals surface area contributed by atoms with Crippen LogP contribution in [0.2, 0.25) is 0 Å². The first-order valence-corrected chi connectivity index (χ1v) is 10.2. The SMILES string of the molecule is CCN(CC)CCNC(=O)c1cc2n(c1C(=O)O)CCc1cc(OC)c(OC)cc1-2. The number of hydrogen-bond acceptors (Lipinski definition) is 5. The summed E-state index contributed by atoms with van der Waals surface area (Å²) in [5, 5.41) is 12.7. The number of likely N-dealkylation sites (N-methyl/N-ethyl adjacent to an activating group) is 1. The minimum Gasteiger partial charge on any atom is -0.493 e. The van der Waals surface area contributed by atoms with Gasteiger partial charge in [-0.2, -0.15) is 0 Å². The van der Waals surface area contributed by atoms with Crippen LogP contribution < -0.4 is 14.8 Å². The number of carboxylic acids is 1. The topological polar surface area (TPSA) is 93.0 Å². The van der Waals surface area contributed by atoms with Crippen LogP contribution in [0.1, 0.15) is 40.3 Å². The van der Waals surface area contributed by atoms with E-state index in [0.717, 1.165) is 24.2 Å². The zero-order valence-corrected chi connectivity index (χ0v) is 17.9. The van der Waals surface area contributed by atoms with Gasteiger partial charge in [-0.3, -0.25) is 4.79 Å². The molecule has 1 aliphatic rings. The minimum atomic E-state index is -1.11. The third kappa shape index (κ3) is 4.00. The molecule has 2 aromatic rings. The molecule has 2 N–H and O–H groups in total. The number of methoxy groups -OCH3 is 2. The Labute approximate surface area is 176 Å². The number of amides is 1. The van der Waals surface area contributed by atoms with Gasteiger partial charge in [0.1, 0.15) is 5.69 Å². The average molecular weight is 415 g/mol. The van der Waals surface area contributed by atoms with E-state index >= 15 is 0 Å². The molecular weight excluding hydrogens is 386 g/mol. The molecule has 1 amide bonds. The number of rotatable bonds is 9. The summed E-state index contributed by atoms with van der Waals surface area (Å²) in [5.41, 5.74) is 2.78. The molecule has 0 saturated heterocycles. The first-order chi connectivity index (χ1) is 14.4. The number of benzene rings is 1. The molecule has 0 unspecified atom stereocenters. The van der Waals surface area contributed by atoms with E-state index in [9.17, 15) is 14.7 Å². The molecule has 1 aromatic heterocycles. The van der Waals surface area contributed by atoms with Crippen molar-refractivity contribution in [3.05, 3.63) is 35.0 Å². The second-order valence-corrected chi connectivity index (χ2v) is 7.15. The summed E-state index contributed by atoms with van der Waals surface area (Å²) < 4.78 is 12.5. The van der Waals surface area contributed by atoms with Crippen LogP contribution in [0.4, 0.5) is 0 Å². The smallest absolute Gasteiger partial charge is 0.353 e. The Morgan fingerprint density at radius 1 is 1.13 bits per heavy atom. The Hall–Kier alpha value is -3.00. The summed E-state index contributed by atoms with van der Waals surface area (Å²) in [5.74, 6) is -0.292. The fourth-order valence-electron chi connectivity index (χ4n) is 3.97. The van der Waals surface area contributed by atoms with Crippen molar-refractivity contribution < 1.29 is 24.2 Å². The molecule has 2 heterocycles. The predicted octanol–water partition coefficient (Wildman–Crippen LogP) is 2.50. The minimum absolute atomic E-state index is 0.0192. The Bertz CT molecular complexity index is 947. The Kier molecular flexibility index (Phi) is 6.66. The van der Waals surface area contributed by atoms with E-state index in [0.29, 0.717) is 43.2 Å². The predicted molar refractivity (Wildman–Crippen MR) is 114 cm³/mol. The normalized spacial score (nSPS) is 12.3. The zero-order chi connectivity index (χ0) is 21.8. The summed E-state index contributed by atoms with van der Waals surface area (Å²) in [7, 11) is 3.14. The number of carboxylic acid groups (broad SMARTS) is 1. The Morgan fingerprint density at radius 2 is 1.80 bits per heavy atom. The summed E-state index contributed by atoms with van der Waals surface area (Å²) >= 11 is 0. The third-order valence-corrected chi connectivity index (χ3v) is 5.64. The van der Waals surface area contributed by atoms with Gasteiger partial charge in [-0.15, -0.1) is 0 Å². The molecule has 0 bridgehead atoms. The average Bonchev–Trinajstić information content (AvgIpc) is 3.16. The van der Waals surface area contributed by atoms with Crippen LogP contribution in [0.5, 0.6) is 11.5 Å². The van der Waals surface area contributed by atoms with Crippen molar-refractivity contribution in [3.8, 4) is 22.8 Å². The molecule has 8 heteroatoms. The highest BCUT2D eigenvalue weighted by atomic mass is 16.5. The molecule has 8 nitrogen and oxygen atoms in total. The van der Waals surface area contributed by atoms with Gasteiger partial charge in [-0.25, -0.2) is 4.79 Å². The number of nitrogens with one attached hydrogen (secondary N) is 1. The third-order valence-electron chi connectivity index (χ3n) is 5.64. The number of ether oxygens (including phenoxy) is 2. The van der Waals surface area contributed by atoms with Crippen LogP contribution in [-0.4, -0.2) is 66.8 Å². The number of aromatic carboxylic acids is 1. The van der Waals surface area contributed by atoms with Crippen molar-refractivity contribution >= 4 is 11.9 Å². The standard InChI is InChI=1S/C22H29N3O5/c1-5-24(6-2)10-8-23-21(26)16-12-17-15-13-19(30-4)18(29-3)11-14(15)7-9-25(17)20(16)22(27)28/h11-13H,5-10H2,1-4H3,(H,23,26)(H,27,28). The van der Waals surface area contributed by atoms with Crippen molar-refractivity contribution in [2.24, 2.45) is 0 Å². The highest BCUT2D eigenvalue weighted by Crippen LogP contribution is 2.40. The fraction of sp³-hybridized carbons (Fsp3) is 0.455. The van der Waals surface area contributed by atoms with Crippen LogP contribution in [0, 0.1) is 0 Å². The van der Waals surface area contributed by atoms with Crippen LogP contribution in [0.25, 0.3) is 11.3 Å². The van der Waals surface area contributed by atoms with Gasteiger partial charge in [-0.05, 0) is 43.3 Å². The van der Waals surface area contributed by atoms with Gasteiger partial charge in [0.2, 0.25) is 0 Å².